The lowest BCUT2D eigenvalue weighted by molar-refractivity contribution is -0.142. The molecule has 0 aliphatic carbocycles. The van der Waals surface area contributed by atoms with E-state index >= 15 is 0 Å². The number of carbonyl (C=O) groups is 1. The van der Waals surface area contributed by atoms with Gasteiger partial charge in [0.15, 0.2) is 6.23 Å². The second kappa shape index (κ2) is 4.45. The van der Waals surface area contributed by atoms with E-state index in [-0.39, 0.29) is 18.2 Å². The van der Waals surface area contributed by atoms with E-state index < -0.39 is 0 Å². The van der Waals surface area contributed by atoms with E-state index in [1.165, 1.54) is 0 Å². The van der Waals surface area contributed by atoms with Crippen LogP contribution in [0.4, 0.5) is 0 Å². The number of ether oxygens (including phenoxy) is 1. The normalized spacial score (nSPS) is 25.3. The Morgan fingerprint density at radius 1 is 1.33 bits per heavy atom. The smallest absolute Gasteiger partial charge is 0.325 e. The van der Waals surface area contributed by atoms with Crippen LogP contribution in [0.3, 0.4) is 0 Å². The summed E-state index contributed by atoms with van der Waals surface area (Å²) >= 11 is 0. The molecular weight excluding hydrogens is 190 g/mol. The van der Waals surface area contributed by atoms with Crippen molar-refractivity contribution < 1.29 is 9.53 Å². The van der Waals surface area contributed by atoms with Crippen molar-refractivity contribution in [2.24, 2.45) is 0 Å². The minimum absolute atomic E-state index is 0.105. The molecule has 0 spiro atoms. The largest absolute Gasteiger partial charge is 0.445 e. The second-order valence-electron chi connectivity index (χ2n) is 3.74. The number of rotatable bonds is 3. The lowest BCUT2D eigenvalue weighted by Crippen LogP contribution is -2.33. The molecule has 0 bridgehead atoms. The van der Waals surface area contributed by atoms with Crippen molar-refractivity contribution in [3.63, 3.8) is 0 Å². The lowest BCUT2D eigenvalue weighted by atomic mass is 10.1. The van der Waals surface area contributed by atoms with Gasteiger partial charge in [0.05, 0.1) is 0 Å². The van der Waals surface area contributed by atoms with Crippen molar-refractivity contribution in [3.8, 4) is 0 Å². The molecule has 2 unspecified atom stereocenters. The van der Waals surface area contributed by atoms with E-state index in [2.05, 4.69) is 5.32 Å². The topological polar surface area (TPSA) is 38.3 Å². The van der Waals surface area contributed by atoms with Gasteiger partial charge in [0.1, 0.15) is 6.04 Å². The zero-order valence-electron chi connectivity index (χ0n) is 8.77. The Morgan fingerprint density at radius 2 is 2.07 bits per heavy atom. The Balaban J connectivity index is 1.99. The minimum Gasteiger partial charge on any atom is -0.445 e. The summed E-state index contributed by atoms with van der Waals surface area (Å²) in [4.78, 5) is 11.5. The van der Waals surface area contributed by atoms with Crippen LogP contribution in [-0.2, 0) is 16.0 Å². The van der Waals surface area contributed by atoms with Crippen LogP contribution >= 0.6 is 0 Å². The summed E-state index contributed by atoms with van der Waals surface area (Å²) in [5.74, 6) is -0.134. The maximum absolute atomic E-state index is 11.5. The maximum Gasteiger partial charge on any atom is 0.325 e. The minimum atomic E-state index is -0.183. The Bertz CT molecular complexity index is 337. The molecule has 3 heteroatoms. The molecule has 1 aliphatic heterocycles. The van der Waals surface area contributed by atoms with Crippen LogP contribution in [0, 0.1) is 0 Å². The summed E-state index contributed by atoms with van der Waals surface area (Å²) in [6.45, 7) is 2.00. The monoisotopic (exact) mass is 205 g/mol. The average molecular weight is 205 g/mol. The maximum atomic E-state index is 11.5. The zero-order valence-corrected chi connectivity index (χ0v) is 8.77. The molecule has 1 saturated heterocycles. The molecule has 0 radical (unpaired) electrons. The predicted molar refractivity (Wildman–Crippen MR) is 57.2 cm³/mol. The van der Waals surface area contributed by atoms with Crippen LogP contribution in [0.25, 0.3) is 0 Å². The van der Waals surface area contributed by atoms with E-state index in [1.807, 2.05) is 37.3 Å². The molecule has 1 fully saturated rings. The van der Waals surface area contributed by atoms with Gasteiger partial charge in [-0.15, -0.1) is 0 Å². The molecule has 2 rings (SSSR count). The van der Waals surface area contributed by atoms with Gasteiger partial charge < -0.3 is 4.74 Å². The fourth-order valence-electron chi connectivity index (χ4n) is 1.74. The Morgan fingerprint density at radius 3 is 2.67 bits per heavy atom. The molecule has 0 aromatic heterocycles. The summed E-state index contributed by atoms with van der Waals surface area (Å²) in [6, 6.07) is 9.79. The molecule has 2 atom stereocenters. The highest BCUT2D eigenvalue weighted by molar-refractivity contribution is 5.78. The zero-order chi connectivity index (χ0) is 10.7. The standard InChI is InChI=1S/C12H15NO2/c1-2-11-13-10(12(14)15-11)8-9-6-4-3-5-7-9/h3-7,10-11,13H,2,8H2,1H3. The van der Waals surface area contributed by atoms with E-state index in [9.17, 15) is 4.79 Å². The van der Waals surface area contributed by atoms with Gasteiger partial charge in [-0.05, 0) is 18.4 Å². The van der Waals surface area contributed by atoms with Gasteiger partial charge in [0.2, 0.25) is 0 Å². The SMILES string of the molecule is CCC1NC(Cc2ccccc2)C(=O)O1. The van der Waals surface area contributed by atoms with Crippen LogP contribution in [0.2, 0.25) is 0 Å². The van der Waals surface area contributed by atoms with Crippen LogP contribution in [0.1, 0.15) is 18.9 Å². The van der Waals surface area contributed by atoms with Crippen molar-refractivity contribution in [2.75, 3.05) is 0 Å². The first-order chi connectivity index (χ1) is 7.29. The average Bonchev–Trinajstić information content (AvgIpc) is 2.61. The molecule has 1 aromatic carbocycles. The highest BCUT2D eigenvalue weighted by atomic mass is 16.6. The summed E-state index contributed by atoms with van der Waals surface area (Å²) in [5, 5.41) is 3.17. The number of hydrogen-bond donors (Lipinski definition) is 1. The number of hydrogen-bond acceptors (Lipinski definition) is 3. The first kappa shape index (κ1) is 10.2. The van der Waals surface area contributed by atoms with Crippen molar-refractivity contribution >= 4 is 5.97 Å². The molecule has 15 heavy (non-hydrogen) atoms. The van der Waals surface area contributed by atoms with Gasteiger partial charge in [0.25, 0.3) is 0 Å². The number of carbonyl (C=O) groups excluding carboxylic acids is 1. The van der Waals surface area contributed by atoms with E-state index in [0.29, 0.717) is 6.42 Å². The van der Waals surface area contributed by atoms with Gasteiger partial charge in [0, 0.05) is 0 Å². The summed E-state index contributed by atoms with van der Waals surface area (Å²) in [6.07, 6.45) is 1.42. The molecule has 1 aromatic rings. The first-order valence-corrected chi connectivity index (χ1v) is 5.30. The number of esters is 1. The molecule has 3 nitrogen and oxygen atoms in total. The summed E-state index contributed by atoms with van der Waals surface area (Å²) in [5.41, 5.74) is 1.16. The third-order valence-corrected chi connectivity index (χ3v) is 2.58. The Kier molecular flexibility index (Phi) is 3.02. The van der Waals surface area contributed by atoms with Gasteiger partial charge in [-0.3, -0.25) is 10.1 Å². The van der Waals surface area contributed by atoms with Gasteiger partial charge >= 0.3 is 5.97 Å². The van der Waals surface area contributed by atoms with Crippen LogP contribution in [0.5, 0.6) is 0 Å². The highest BCUT2D eigenvalue weighted by Crippen LogP contribution is 2.12. The second-order valence-corrected chi connectivity index (χ2v) is 3.74. The molecule has 0 saturated carbocycles. The molecule has 1 heterocycles. The molecule has 80 valence electrons. The third kappa shape index (κ3) is 2.36. The molecule has 0 amide bonds. The lowest BCUT2D eigenvalue weighted by Gasteiger charge is -2.07. The summed E-state index contributed by atoms with van der Waals surface area (Å²) < 4.78 is 5.15. The third-order valence-electron chi connectivity index (χ3n) is 2.58. The van der Waals surface area contributed by atoms with Gasteiger partial charge in [-0.25, -0.2) is 0 Å². The molecule has 1 aliphatic rings. The van der Waals surface area contributed by atoms with Gasteiger partial charge in [-0.1, -0.05) is 37.3 Å². The summed E-state index contributed by atoms with van der Waals surface area (Å²) in [7, 11) is 0. The fraction of sp³-hybridized carbons (Fsp3) is 0.417. The van der Waals surface area contributed by atoms with E-state index in [0.717, 1.165) is 12.0 Å². The number of nitrogens with one attached hydrogen (secondary N) is 1. The predicted octanol–water partition coefficient (Wildman–Crippen LogP) is 1.48. The Labute approximate surface area is 89.4 Å². The van der Waals surface area contributed by atoms with Crippen LogP contribution in [-0.4, -0.2) is 18.2 Å². The van der Waals surface area contributed by atoms with Gasteiger partial charge in [-0.2, -0.15) is 0 Å². The van der Waals surface area contributed by atoms with E-state index in [4.69, 9.17) is 4.74 Å². The first-order valence-electron chi connectivity index (χ1n) is 5.30. The highest BCUT2D eigenvalue weighted by Gasteiger charge is 2.32. The van der Waals surface area contributed by atoms with Crippen molar-refractivity contribution in [2.45, 2.75) is 32.0 Å². The van der Waals surface area contributed by atoms with E-state index in [1.54, 1.807) is 0 Å². The molecular formula is C12H15NO2. The Hall–Kier alpha value is -1.35. The van der Waals surface area contributed by atoms with Crippen molar-refractivity contribution in [1.29, 1.82) is 0 Å². The number of cyclic esters (lactones) is 1. The quantitative estimate of drug-likeness (QED) is 0.760. The van der Waals surface area contributed by atoms with Crippen molar-refractivity contribution in [3.05, 3.63) is 35.9 Å². The fourth-order valence-corrected chi connectivity index (χ4v) is 1.74. The molecule has 1 N–H and O–H groups in total. The van der Waals surface area contributed by atoms with Crippen LogP contribution in [0.15, 0.2) is 30.3 Å². The van der Waals surface area contributed by atoms with Crippen LogP contribution < -0.4 is 5.32 Å². The van der Waals surface area contributed by atoms with Crippen molar-refractivity contribution in [1.82, 2.24) is 5.32 Å². The number of benzene rings is 1.